The zero-order chi connectivity index (χ0) is 17.1. The van der Waals surface area contributed by atoms with Crippen molar-refractivity contribution in [3.63, 3.8) is 0 Å². The maximum atomic E-state index is 13.2. The van der Waals surface area contributed by atoms with E-state index in [2.05, 4.69) is 10.6 Å². The first-order chi connectivity index (χ1) is 11.5. The third-order valence-corrected chi connectivity index (χ3v) is 4.06. The van der Waals surface area contributed by atoms with Gasteiger partial charge < -0.3 is 10.6 Å². The Morgan fingerprint density at radius 2 is 1.83 bits per heavy atom. The summed E-state index contributed by atoms with van der Waals surface area (Å²) in [6, 6.07) is 12.7. The van der Waals surface area contributed by atoms with Crippen molar-refractivity contribution in [2.45, 2.75) is 25.8 Å². The largest absolute Gasteiger partial charge is 0.346 e. The fraction of sp³-hybridized carbons (Fsp3) is 0.263. The molecule has 0 aromatic heterocycles. The Morgan fingerprint density at radius 1 is 1.12 bits per heavy atom. The molecule has 0 heterocycles. The topological polar surface area (TPSA) is 58.2 Å². The molecule has 4 nitrogen and oxygen atoms in total. The van der Waals surface area contributed by atoms with E-state index in [-0.39, 0.29) is 29.3 Å². The number of rotatable bonds is 5. The van der Waals surface area contributed by atoms with Gasteiger partial charge in [-0.1, -0.05) is 18.2 Å². The van der Waals surface area contributed by atoms with Crippen molar-refractivity contribution < 1.29 is 14.0 Å². The summed E-state index contributed by atoms with van der Waals surface area (Å²) in [5.74, 6) is -0.538. The van der Waals surface area contributed by atoms with E-state index < -0.39 is 5.82 Å². The van der Waals surface area contributed by atoms with E-state index in [0.29, 0.717) is 0 Å². The molecule has 0 saturated heterocycles. The van der Waals surface area contributed by atoms with Crippen molar-refractivity contribution in [1.29, 1.82) is 0 Å². The predicted octanol–water partition coefficient (Wildman–Crippen LogP) is 3.67. The minimum atomic E-state index is -0.439. The van der Waals surface area contributed by atoms with Gasteiger partial charge in [-0.05, 0) is 55.7 Å². The molecule has 1 atom stereocenters. The SMILES string of the molecule is CC(NC(=O)c1cccc(F)c1)c1ccc(NC(=O)C2CC2)cc1. The van der Waals surface area contributed by atoms with Crippen molar-refractivity contribution in [2.75, 3.05) is 5.32 Å². The normalized spacial score (nSPS) is 14.8. The molecule has 1 saturated carbocycles. The number of carbonyl (C=O) groups is 2. The Kier molecular flexibility index (Phi) is 4.60. The molecule has 0 aliphatic heterocycles. The third kappa shape index (κ3) is 3.98. The Bertz CT molecular complexity index is 754. The lowest BCUT2D eigenvalue weighted by Crippen LogP contribution is -2.26. The highest BCUT2D eigenvalue weighted by atomic mass is 19.1. The van der Waals surface area contributed by atoms with E-state index in [1.165, 1.54) is 18.2 Å². The van der Waals surface area contributed by atoms with Crippen LogP contribution in [0.4, 0.5) is 10.1 Å². The predicted molar refractivity (Wildman–Crippen MR) is 90.1 cm³/mol. The fourth-order valence-corrected chi connectivity index (χ4v) is 2.44. The molecule has 0 bridgehead atoms. The third-order valence-electron chi connectivity index (χ3n) is 4.06. The smallest absolute Gasteiger partial charge is 0.251 e. The molecule has 2 amide bonds. The number of hydrogen-bond acceptors (Lipinski definition) is 2. The van der Waals surface area contributed by atoms with E-state index in [1.807, 2.05) is 31.2 Å². The first kappa shape index (κ1) is 16.2. The van der Waals surface area contributed by atoms with Gasteiger partial charge in [0.2, 0.25) is 5.91 Å². The van der Waals surface area contributed by atoms with Gasteiger partial charge in [0.1, 0.15) is 5.82 Å². The van der Waals surface area contributed by atoms with Crippen LogP contribution >= 0.6 is 0 Å². The first-order valence-corrected chi connectivity index (χ1v) is 8.00. The Labute approximate surface area is 140 Å². The van der Waals surface area contributed by atoms with Crippen LogP contribution in [0.25, 0.3) is 0 Å². The molecule has 3 rings (SSSR count). The number of halogens is 1. The fourth-order valence-electron chi connectivity index (χ4n) is 2.44. The second-order valence-corrected chi connectivity index (χ2v) is 6.09. The minimum Gasteiger partial charge on any atom is -0.346 e. The van der Waals surface area contributed by atoms with Crippen LogP contribution < -0.4 is 10.6 Å². The van der Waals surface area contributed by atoms with Gasteiger partial charge in [-0.25, -0.2) is 4.39 Å². The second kappa shape index (κ2) is 6.83. The lowest BCUT2D eigenvalue weighted by molar-refractivity contribution is -0.117. The zero-order valence-corrected chi connectivity index (χ0v) is 13.4. The highest BCUT2D eigenvalue weighted by Crippen LogP contribution is 2.30. The van der Waals surface area contributed by atoms with Crippen molar-refractivity contribution in [3.8, 4) is 0 Å². The average Bonchev–Trinajstić information content (AvgIpc) is 3.40. The molecule has 0 spiro atoms. The quantitative estimate of drug-likeness (QED) is 0.881. The van der Waals surface area contributed by atoms with E-state index in [1.54, 1.807) is 6.07 Å². The maximum absolute atomic E-state index is 13.2. The monoisotopic (exact) mass is 326 g/mol. The van der Waals surface area contributed by atoms with Gasteiger partial charge in [0.05, 0.1) is 6.04 Å². The van der Waals surface area contributed by atoms with E-state index in [9.17, 15) is 14.0 Å². The molecular formula is C19H19FN2O2. The van der Waals surface area contributed by atoms with E-state index >= 15 is 0 Å². The Morgan fingerprint density at radius 3 is 2.46 bits per heavy atom. The number of amides is 2. The molecule has 1 unspecified atom stereocenters. The molecular weight excluding hydrogens is 307 g/mol. The van der Waals surface area contributed by atoms with Gasteiger partial charge >= 0.3 is 0 Å². The van der Waals surface area contributed by atoms with Gasteiger partial charge in [-0.3, -0.25) is 9.59 Å². The maximum Gasteiger partial charge on any atom is 0.251 e. The number of nitrogens with one attached hydrogen (secondary N) is 2. The van der Waals surface area contributed by atoms with Crippen LogP contribution in [0.3, 0.4) is 0 Å². The van der Waals surface area contributed by atoms with Gasteiger partial charge in [0, 0.05) is 17.2 Å². The summed E-state index contributed by atoms with van der Waals surface area (Å²) in [7, 11) is 0. The van der Waals surface area contributed by atoms with E-state index in [4.69, 9.17) is 0 Å². The zero-order valence-electron chi connectivity index (χ0n) is 13.4. The van der Waals surface area contributed by atoms with Crippen molar-refractivity contribution in [3.05, 3.63) is 65.5 Å². The number of carbonyl (C=O) groups excluding carboxylic acids is 2. The van der Waals surface area contributed by atoms with Crippen LogP contribution in [0.1, 0.15) is 41.7 Å². The molecule has 2 N–H and O–H groups in total. The standard InChI is InChI=1S/C19H19FN2O2/c1-12(21-19(24)15-3-2-4-16(20)11-15)13-7-9-17(10-8-13)22-18(23)14-5-6-14/h2-4,7-12,14H,5-6H2,1H3,(H,21,24)(H,22,23). The highest BCUT2D eigenvalue weighted by molar-refractivity contribution is 5.95. The summed E-state index contributed by atoms with van der Waals surface area (Å²) in [5, 5.41) is 5.71. The summed E-state index contributed by atoms with van der Waals surface area (Å²) in [6.07, 6.45) is 1.93. The van der Waals surface area contributed by atoms with Crippen molar-refractivity contribution in [1.82, 2.24) is 5.32 Å². The summed E-state index contributed by atoms with van der Waals surface area (Å²) < 4.78 is 13.2. The Hall–Kier alpha value is -2.69. The van der Waals surface area contributed by atoms with Crippen LogP contribution in [0.2, 0.25) is 0 Å². The lowest BCUT2D eigenvalue weighted by atomic mass is 10.1. The molecule has 0 radical (unpaired) electrons. The second-order valence-electron chi connectivity index (χ2n) is 6.09. The highest BCUT2D eigenvalue weighted by Gasteiger charge is 2.29. The number of anilines is 1. The molecule has 2 aromatic carbocycles. The van der Waals surface area contributed by atoms with Crippen molar-refractivity contribution >= 4 is 17.5 Å². The molecule has 5 heteroatoms. The summed E-state index contributed by atoms with van der Waals surface area (Å²) in [5.41, 5.74) is 1.94. The van der Waals surface area contributed by atoms with Crippen LogP contribution in [0, 0.1) is 11.7 Å². The summed E-state index contributed by atoms with van der Waals surface area (Å²) in [6.45, 7) is 1.86. The Balaban J connectivity index is 1.61. The lowest BCUT2D eigenvalue weighted by Gasteiger charge is -2.15. The van der Waals surface area contributed by atoms with E-state index in [0.717, 1.165) is 24.1 Å². The number of benzene rings is 2. The summed E-state index contributed by atoms with van der Waals surface area (Å²) in [4.78, 5) is 23.9. The molecule has 1 aliphatic carbocycles. The van der Waals surface area contributed by atoms with Crippen LogP contribution in [-0.2, 0) is 4.79 Å². The average molecular weight is 326 g/mol. The molecule has 1 fully saturated rings. The van der Waals surface area contributed by atoms with Gasteiger partial charge in [0.15, 0.2) is 0 Å². The van der Waals surface area contributed by atoms with Gasteiger partial charge in [-0.15, -0.1) is 0 Å². The van der Waals surface area contributed by atoms with Gasteiger partial charge in [0.25, 0.3) is 5.91 Å². The number of hydrogen-bond donors (Lipinski definition) is 2. The first-order valence-electron chi connectivity index (χ1n) is 8.00. The van der Waals surface area contributed by atoms with Crippen LogP contribution in [-0.4, -0.2) is 11.8 Å². The minimum absolute atomic E-state index is 0.0650. The molecule has 24 heavy (non-hydrogen) atoms. The molecule has 2 aromatic rings. The van der Waals surface area contributed by atoms with Gasteiger partial charge in [-0.2, -0.15) is 0 Å². The molecule has 124 valence electrons. The molecule has 1 aliphatic rings. The van der Waals surface area contributed by atoms with Crippen LogP contribution in [0.5, 0.6) is 0 Å². The van der Waals surface area contributed by atoms with Crippen molar-refractivity contribution in [2.24, 2.45) is 5.92 Å². The summed E-state index contributed by atoms with van der Waals surface area (Å²) >= 11 is 0. The van der Waals surface area contributed by atoms with Crippen LogP contribution in [0.15, 0.2) is 48.5 Å².